The van der Waals surface area contributed by atoms with Crippen LogP contribution in [-0.4, -0.2) is 24.4 Å². The zero-order valence-corrected chi connectivity index (χ0v) is 10.8. The first kappa shape index (κ1) is 15.7. The molecule has 0 saturated carbocycles. The van der Waals surface area contributed by atoms with Crippen molar-refractivity contribution in [3.8, 4) is 0 Å². The number of amides is 1. The first-order valence-corrected chi connectivity index (χ1v) is 6.22. The second-order valence-electron chi connectivity index (χ2n) is 4.91. The lowest BCUT2D eigenvalue weighted by Gasteiger charge is -2.12. The summed E-state index contributed by atoms with van der Waals surface area (Å²) in [6, 6.07) is 3.31. The molecule has 1 aliphatic heterocycles. The van der Waals surface area contributed by atoms with E-state index in [0.29, 0.717) is 5.56 Å². The van der Waals surface area contributed by atoms with Crippen molar-refractivity contribution >= 4 is 5.91 Å². The van der Waals surface area contributed by atoms with Crippen molar-refractivity contribution in [2.75, 3.05) is 6.54 Å². The van der Waals surface area contributed by atoms with Crippen LogP contribution in [0.3, 0.4) is 0 Å². The number of carbonyl (C=O) groups excluding carboxylic acids is 1. The van der Waals surface area contributed by atoms with Gasteiger partial charge in [0.1, 0.15) is 0 Å². The maximum atomic E-state index is 12.9. The highest BCUT2D eigenvalue weighted by atomic mass is 19.4. The summed E-state index contributed by atoms with van der Waals surface area (Å²) in [5, 5.41) is 4.82. The molecule has 1 aromatic carbocycles. The van der Waals surface area contributed by atoms with Gasteiger partial charge in [0, 0.05) is 13.0 Å². The molecule has 1 aliphatic rings. The van der Waals surface area contributed by atoms with Crippen LogP contribution in [0.1, 0.15) is 17.5 Å². The summed E-state index contributed by atoms with van der Waals surface area (Å²) in [7, 11) is 0. The van der Waals surface area contributed by atoms with Gasteiger partial charge >= 0.3 is 6.18 Å². The number of hydrogen-bond donors (Lipinski definition) is 2. The SMILES string of the molecule is O=C(NCc1ccc(C(F)(F)F)cc1)C1CC(F)(F)CN1. The first-order valence-electron chi connectivity index (χ1n) is 6.22. The predicted molar refractivity (Wildman–Crippen MR) is 64.6 cm³/mol. The van der Waals surface area contributed by atoms with Crippen molar-refractivity contribution in [3.05, 3.63) is 35.4 Å². The third-order valence-electron chi connectivity index (χ3n) is 3.17. The van der Waals surface area contributed by atoms with Gasteiger partial charge in [-0.25, -0.2) is 8.78 Å². The molecule has 3 nitrogen and oxygen atoms in total. The van der Waals surface area contributed by atoms with E-state index in [0.717, 1.165) is 12.1 Å². The van der Waals surface area contributed by atoms with Gasteiger partial charge in [-0.15, -0.1) is 0 Å². The fourth-order valence-corrected chi connectivity index (χ4v) is 2.02. The van der Waals surface area contributed by atoms with E-state index in [1.165, 1.54) is 12.1 Å². The van der Waals surface area contributed by atoms with Crippen LogP contribution >= 0.6 is 0 Å². The molecule has 21 heavy (non-hydrogen) atoms. The smallest absolute Gasteiger partial charge is 0.351 e. The molecule has 2 rings (SSSR count). The highest BCUT2D eigenvalue weighted by Gasteiger charge is 2.42. The van der Waals surface area contributed by atoms with Gasteiger partial charge in [0.15, 0.2) is 0 Å². The molecular weight excluding hydrogens is 295 g/mol. The summed E-state index contributed by atoms with van der Waals surface area (Å²) in [4.78, 5) is 11.6. The minimum absolute atomic E-state index is 0.0132. The Morgan fingerprint density at radius 1 is 1.29 bits per heavy atom. The third kappa shape index (κ3) is 4.13. The topological polar surface area (TPSA) is 41.1 Å². The fraction of sp³-hybridized carbons (Fsp3) is 0.462. The minimum atomic E-state index is -4.42. The van der Waals surface area contributed by atoms with Crippen LogP contribution in [0.2, 0.25) is 0 Å². The lowest BCUT2D eigenvalue weighted by Crippen LogP contribution is -2.40. The minimum Gasteiger partial charge on any atom is -0.351 e. The van der Waals surface area contributed by atoms with E-state index in [4.69, 9.17) is 0 Å². The molecule has 1 heterocycles. The standard InChI is InChI=1S/C13H13F5N2O/c14-12(15)5-10(20-7-12)11(21)19-6-8-1-3-9(4-2-8)13(16,17)18/h1-4,10,20H,5-7H2,(H,19,21). The molecule has 0 aromatic heterocycles. The number of hydrogen-bond acceptors (Lipinski definition) is 2. The Kier molecular flexibility index (Phi) is 4.18. The van der Waals surface area contributed by atoms with Crippen molar-refractivity contribution in [1.82, 2.24) is 10.6 Å². The second-order valence-corrected chi connectivity index (χ2v) is 4.91. The van der Waals surface area contributed by atoms with Gasteiger partial charge in [-0.1, -0.05) is 12.1 Å². The van der Waals surface area contributed by atoms with E-state index in [1.807, 2.05) is 0 Å². The van der Waals surface area contributed by atoms with Crippen molar-refractivity contribution in [3.63, 3.8) is 0 Å². The van der Waals surface area contributed by atoms with E-state index in [1.54, 1.807) is 0 Å². The van der Waals surface area contributed by atoms with Crippen LogP contribution in [0.4, 0.5) is 22.0 Å². The van der Waals surface area contributed by atoms with E-state index >= 15 is 0 Å². The average Bonchev–Trinajstić information content (AvgIpc) is 2.76. The van der Waals surface area contributed by atoms with Gasteiger partial charge in [-0.3, -0.25) is 10.1 Å². The second kappa shape index (κ2) is 5.59. The Balaban J connectivity index is 1.87. The lowest BCUT2D eigenvalue weighted by atomic mass is 10.1. The van der Waals surface area contributed by atoms with Crippen LogP contribution in [-0.2, 0) is 17.5 Å². The van der Waals surface area contributed by atoms with Crippen molar-refractivity contribution < 1.29 is 26.7 Å². The Morgan fingerprint density at radius 3 is 2.38 bits per heavy atom. The number of nitrogens with one attached hydrogen (secondary N) is 2. The zero-order chi connectivity index (χ0) is 15.7. The number of alkyl halides is 5. The quantitative estimate of drug-likeness (QED) is 0.842. The molecule has 1 saturated heterocycles. The molecule has 1 fully saturated rings. The Labute approximate surface area is 117 Å². The number of halogens is 5. The summed E-state index contributed by atoms with van der Waals surface area (Å²) in [6.07, 6.45) is -4.99. The van der Waals surface area contributed by atoms with Crippen LogP contribution in [0.15, 0.2) is 24.3 Å². The molecule has 1 unspecified atom stereocenters. The Morgan fingerprint density at radius 2 is 1.90 bits per heavy atom. The van der Waals surface area contributed by atoms with Gasteiger partial charge in [-0.05, 0) is 17.7 Å². The summed E-state index contributed by atoms with van der Waals surface area (Å²) >= 11 is 0. The van der Waals surface area contributed by atoms with Crippen LogP contribution in [0.25, 0.3) is 0 Å². The molecule has 1 atom stereocenters. The third-order valence-corrected chi connectivity index (χ3v) is 3.17. The van der Waals surface area contributed by atoms with Crippen molar-refractivity contribution in [1.29, 1.82) is 0 Å². The summed E-state index contributed by atoms with van der Waals surface area (Å²) in [5.41, 5.74) is -0.323. The van der Waals surface area contributed by atoms with Gasteiger partial charge in [0.25, 0.3) is 5.92 Å². The summed E-state index contributed by atoms with van der Waals surface area (Å²) in [5.74, 6) is -3.50. The van der Waals surface area contributed by atoms with Gasteiger partial charge in [0.05, 0.1) is 18.2 Å². The summed E-state index contributed by atoms with van der Waals surface area (Å²) in [6.45, 7) is -0.563. The molecular formula is C13H13F5N2O. The fourth-order valence-electron chi connectivity index (χ4n) is 2.02. The predicted octanol–water partition coefficient (Wildman–Crippen LogP) is 2.32. The molecule has 0 spiro atoms. The largest absolute Gasteiger partial charge is 0.416 e. The van der Waals surface area contributed by atoms with E-state index in [2.05, 4.69) is 10.6 Å². The lowest BCUT2D eigenvalue weighted by molar-refractivity contribution is -0.137. The maximum Gasteiger partial charge on any atom is 0.416 e. The Bertz CT molecular complexity index is 512. The zero-order valence-electron chi connectivity index (χ0n) is 10.8. The number of rotatable bonds is 3. The first-order chi connectivity index (χ1) is 9.67. The average molecular weight is 308 g/mol. The molecule has 1 amide bonds. The van der Waals surface area contributed by atoms with Crippen LogP contribution in [0.5, 0.6) is 0 Å². The van der Waals surface area contributed by atoms with Gasteiger partial charge < -0.3 is 5.32 Å². The maximum absolute atomic E-state index is 12.9. The highest BCUT2D eigenvalue weighted by Crippen LogP contribution is 2.29. The van der Waals surface area contributed by atoms with E-state index in [-0.39, 0.29) is 6.54 Å². The molecule has 2 N–H and O–H groups in total. The Hall–Kier alpha value is -1.70. The molecule has 116 valence electrons. The highest BCUT2D eigenvalue weighted by molar-refractivity contribution is 5.82. The van der Waals surface area contributed by atoms with Gasteiger partial charge in [-0.2, -0.15) is 13.2 Å². The molecule has 0 radical (unpaired) electrons. The molecule has 0 bridgehead atoms. The van der Waals surface area contributed by atoms with E-state index < -0.39 is 42.6 Å². The van der Waals surface area contributed by atoms with Crippen molar-refractivity contribution in [2.45, 2.75) is 31.1 Å². The molecule has 0 aliphatic carbocycles. The monoisotopic (exact) mass is 308 g/mol. The molecule has 8 heteroatoms. The normalized spacial score (nSPS) is 21.3. The molecule has 1 aromatic rings. The van der Waals surface area contributed by atoms with Crippen molar-refractivity contribution in [2.24, 2.45) is 0 Å². The number of benzene rings is 1. The van der Waals surface area contributed by atoms with Crippen LogP contribution < -0.4 is 10.6 Å². The van der Waals surface area contributed by atoms with Gasteiger partial charge in [0.2, 0.25) is 5.91 Å². The van der Waals surface area contributed by atoms with E-state index in [9.17, 15) is 26.7 Å². The number of carbonyl (C=O) groups is 1. The summed E-state index contributed by atoms with van der Waals surface area (Å²) < 4.78 is 62.9. The van der Waals surface area contributed by atoms with Crippen LogP contribution in [0, 0.1) is 0 Å².